The average Bonchev–Trinajstić information content (AvgIpc) is 2.82. The molecule has 1 atom stereocenters. The molecule has 1 aromatic rings. The van der Waals surface area contributed by atoms with E-state index in [0.29, 0.717) is 6.10 Å². The maximum atomic E-state index is 5.65. The predicted octanol–water partition coefficient (Wildman–Crippen LogP) is 2.73. The highest BCUT2D eigenvalue weighted by Gasteiger charge is 2.16. The van der Waals surface area contributed by atoms with Crippen molar-refractivity contribution in [1.82, 2.24) is 9.97 Å². The van der Waals surface area contributed by atoms with Crippen molar-refractivity contribution >= 4 is 5.82 Å². The van der Waals surface area contributed by atoms with Gasteiger partial charge in [0.05, 0.1) is 6.10 Å². The largest absolute Gasteiger partial charge is 0.378 e. The molecule has 1 aliphatic heterocycles. The molecule has 1 unspecified atom stereocenters. The van der Waals surface area contributed by atoms with Crippen LogP contribution in [0.3, 0.4) is 0 Å². The Morgan fingerprint density at radius 2 is 2.11 bits per heavy atom. The molecule has 0 radical (unpaired) electrons. The Balaban J connectivity index is 1.60. The van der Waals surface area contributed by atoms with Crippen LogP contribution in [0.2, 0.25) is 0 Å². The van der Waals surface area contributed by atoms with Gasteiger partial charge in [0, 0.05) is 24.4 Å². The first-order chi connectivity index (χ1) is 9.43. The van der Waals surface area contributed by atoms with Crippen LogP contribution >= 0.6 is 0 Å². The fraction of sp³-hybridized carbons (Fsp3) is 0.733. The second kappa shape index (κ2) is 6.33. The Kier molecular flexibility index (Phi) is 4.28. The first kappa shape index (κ1) is 12.9. The van der Waals surface area contributed by atoms with Gasteiger partial charge in [0.1, 0.15) is 12.1 Å². The molecule has 1 saturated heterocycles. The van der Waals surface area contributed by atoms with Crippen LogP contribution in [-0.4, -0.2) is 29.2 Å². The molecule has 0 saturated carbocycles. The molecule has 1 N–H and O–H groups in total. The quantitative estimate of drug-likeness (QED) is 0.847. The summed E-state index contributed by atoms with van der Waals surface area (Å²) in [5.74, 6) is 1.06. The van der Waals surface area contributed by atoms with E-state index >= 15 is 0 Å². The molecular formula is C15H23N3O. The van der Waals surface area contributed by atoms with Gasteiger partial charge in [-0.15, -0.1) is 0 Å². The van der Waals surface area contributed by atoms with Crippen molar-refractivity contribution in [2.75, 3.05) is 18.5 Å². The number of hydrogen-bond donors (Lipinski definition) is 1. The monoisotopic (exact) mass is 261 g/mol. The first-order valence-electron chi connectivity index (χ1n) is 7.62. The van der Waals surface area contributed by atoms with Crippen molar-refractivity contribution in [3.8, 4) is 0 Å². The molecule has 2 aliphatic rings. The summed E-state index contributed by atoms with van der Waals surface area (Å²) in [6.07, 6.45) is 11.7. The molecule has 2 heterocycles. The van der Waals surface area contributed by atoms with E-state index < -0.39 is 0 Å². The van der Waals surface area contributed by atoms with E-state index in [0.717, 1.165) is 38.2 Å². The Bertz CT molecular complexity index is 416. The number of aromatic nitrogens is 2. The van der Waals surface area contributed by atoms with Crippen molar-refractivity contribution in [3.63, 3.8) is 0 Å². The lowest BCUT2D eigenvalue weighted by Gasteiger charge is -2.14. The lowest BCUT2D eigenvalue weighted by Crippen LogP contribution is -2.15. The van der Waals surface area contributed by atoms with Crippen LogP contribution in [0, 0.1) is 0 Å². The highest BCUT2D eigenvalue weighted by molar-refractivity contribution is 5.46. The van der Waals surface area contributed by atoms with Gasteiger partial charge in [0.25, 0.3) is 0 Å². The minimum absolute atomic E-state index is 0.452. The number of hydrogen-bond acceptors (Lipinski definition) is 4. The van der Waals surface area contributed by atoms with Gasteiger partial charge >= 0.3 is 0 Å². The van der Waals surface area contributed by atoms with Gasteiger partial charge in [-0.05, 0) is 44.9 Å². The van der Waals surface area contributed by atoms with Crippen LogP contribution in [0.4, 0.5) is 5.82 Å². The molecule has 0 bridgehead atoms. The van der Waals surface area contributed by atoms with E-state index in [1.165, 1.54) is 43.4 Å². The summed E-state index contributed by atoms with van der Waals surface area (Å²) < 4.78 is 5.65. The third-order valence-corrected chi connectivity index (χ3v) is 4.16. The molecule has 3 rings (SSSR count). The van der Waals surface area contributed by atoms with Crippen molar-refractivity contribution in [2.45, 2.75) is 57.5 Å². The summed E-state index contributed by atoms with van der Waals surface area (Å²) in [6, 6.07) is 0. The molecule has 104 valence electrons. The number of fused-ring (bicyclic) bond motifs is 1. The molecule has 0 aromatic carbocycles. The molecule has 4 nitrogen and oxygen atoms in total. The minimum atomic E-state index is 0.452. The van der Waals surface area contributed by atoms with Crippen LogP contribution in [0.15, 0.2) is 6.33 Å². The molecule has 19 heavy (non-hydrogen) atoms. The van der Waals surface area contributed by atoms with Gasteiger partial charge in [0.2, 0.25) is 0 Å². The number of aryl methyl sites for hydroxylation is 1. The molecule has 0 spiro atoms. The van der Waals surface area contributed by atoms with Crippen molar-refractivity contribution in [3.05, 3.63) is 17.6 Å². The number of nitrogens with one attached hydrogen (secondary N) is 1. The van der Waals surface area contributed by atoms with E-state index in [9.17, 15) is 0 Å². The second-order valence-electron chi connectivity index (χ2n) is 5.56. The molecular weight excluding hydrogens is 238 g/mol. The van der Waals surface area contributed by atoms with Crippen LogP contribution in [0.25, 0.3) is 0 Å². The fourth-order valence-corrected chi connectivity index (χ4v) is 3.07. The third kappa shape index (κ3) is 3.24. The molecule has 1 fully saturated rings. The van der Waals surface area contributed by atoms with Crippen molar-refractivity contribution in [2.24, 2.45) is 0 Å². The zero-order valence-corrected chi connectivity index (χ0v) is 11.5. The summed E-state index contributed by atoms with van der Waals surface area (Å²) >= 11 is 0. The van der Waals surface area contributed by atoms with Crippen molar-refractivity contribution < 1.29 is 4.74 Å². The number of nitrogens with zero attached hydrogens (tertiary/aromatic N) is 2. The van der Waals surface area contributed by atoms with Gasteiger partial charge in [-0.1, -0.05) is 6.42 Å². The van der Waals surface area contributed by atoms with E-state index in [1.807, 2.05) is 0 Å². The predicted molar refractivity (Wildman–Crippen MR) is 75.4 cm³/mol. The fourth-order valence-electron chi connectivity index (χ4n) is 3.07. The zero-order chi connectivity index (χ0) is 12.9. The third-order valence-electron chi connectivity index (χ3n) is 4.16. The highest BCUT2D eigenvalue weighted by atomic mass is 16.5. The Morgan fingerprint density at radius 1 is 1.16 bits per heavy atom. The topological polar surface area (TPSA) is 47.0 Å². The Morgan fingerprint density at radius 3 is 3.00 bits per heavy atom. The summed E-state index contributed by atoms with van der Waals surface area (Å²) in [6.45, 7) is 1.89. The van der Waals surface area contributed by atoms with Gasteiger partial charge in [-0.3, -0.25) is 0 Å². The maximum Gasteiger partial charge on any atom is 0.132 e. The first-order valence-corrected chi connectivity index (χ1v) is 7.62. The van der Waals surface area contributed by atoms with E-state index in [2.05, 4.69) is 15.3 Å². The smallest absolute Gasteiger partial charge is 0.132 e. The number of anilines is 1. The van der Waals surface area contributed by atoms with Crippen molar-refractivity contribution in [1.29, 1.82) is 0 Å². The van der Waals surface area contributed by atoms with Gasteiger partial charge < -0.3 is 10.1 Å². The molecule has 4 heteroatoms. The maximum absolute atomic E-state index is 5.65. The highest BCUT2D eigenvalue weighted by Crippen LogP contribution is 2.24. The normalized spacial score (nSPS) is 22.8. The standard InChI is InChI=1S/C15H23N3O/c1-2-6-13-14(7-3-1)17-11-18-15(13)16-9-8-12-5-4-10-19-12/h11-12H,1-10H2,(H,16,17,18). The van der Waals surface area contributed by atoms with Crippen LogP contribution in [0.5, 0.6) is 0 Å². The van der Waals surface area contributed by atoms with Gasteiger partial charge in [-0.25, -0.2) is 9.97 Å². The lowest BCUT2D eigenvalue weighted by molar-refractivity contribution is 0.107. The van der Waals surface area contributed by atoms with Crippen LogP contribution in [0.1, 0.15) is 49.8 Å². The number of rotatable bonds is 4. The summed E-state index contributed by atoms with van der Waals surface area (Å²) in [4.78, 5) is 8.88. The van der Waals surface area contributed by atoms with Gasteiger partial charge in [0.15, 0.2) is 0 Å². The SMILES string of the molecule is c1nc2c(c(NCCC3CCCO3)n1)CCCCC2. The molecule has 0 amide bonds. The Hall–Kier alpha value is -1.16. The van der Waals surface area contributed by atoms with E-state index in [4.69, 9.17) is 4.74 Å². The Labute approximate surface area is 115 Å². The van der Waals surface area contributed by atoms with E-state index in [-0.39, 0.29) is 0 Å². The summed E-state index contributed by atoms with van der Waals surface area (Å²) in [7, 11) is 0. The molecule has 1 aliphatic carbocycles. The number of ether oxygens (including phenoxy) is 1. The summed E-state index contributed by atoms with van der Waals surface area (Å²) in [5, 5.41) is 3.50. The minimum Gasteiger partial charge on any atom is -0.378 e. The lowest BCUT2D eigenvalue weighted by atomic mass is 10.1. The zero-order valence-electron chi connectivity index (χ0n) is 11.5. The summed E-state index contributed by atoms with van der Waals surface area (Å²) in [5.41, 5.74) is 2.61. The molecule has 1 aromatic heterocycles. The van der Waals surface area contributed by atoms with E-state index in [1.54, 1.807) is 6.33 Å². The average molecular weight is 261 g/mol. The van der Waals surface area contributed by atoms with Crippen LogP contribution < -0.4 is 5.32 Å². The van der Waals surface area contributed by atoms with Gasteiger partial charge in [-0.2, -0.15) is 0 Å². The second-order valence-corrected chi connectivity index (χ2v) is 5.56. The van der Waals surface area contributed by atoms with Crippen LogP contribution in [-0.2, 0) is 17.6 Å².